The molecule has 0 bridgehead atoms. The summed E-state index contributed by atoms with van der Waals surface area (Å²) in [7, 11) is 4.28. The lowest BCUT2D eigenvalue weighted by Gasteiger charge is -2.28. The number of hydrogen-bond acceptors (Lipinski definition) is 2. The van der Waals surface area contributed by atoms with Crippen molar-refractivity contribution >= 4 is 0 Å². The summed E-state index contributed by atoms with van der Waals surface area (Å²) in [5.74, 6) is 0.855. The molecule has 2 N–H and O–H groups in total. The largest absolute Gasteiger partial charge is 0.328 e. The first-order chi connectivity index (χ1) is 5.18. The lowest BCUT2D eigenvalue weighted by molar-refractivity contribution is 0.247. The number of hydrogen-bond donors (Lipinski definition) is 1. The molecule has 0 spiro atoms. The van der Waals surface area contributed by atoms with Crippen molar-refractivity contribution in [1.82, 2.24) is 4.90 Å². The Morgan fingerprint density at radius 2 is 2.09 bits per heavy atom. The van der Waals surface area contributed by atoms with Crippen LogP contribution in [0.2, 0.25) is 0 Å². The lowest BCUT2D eigenvalue weighted by Crippen LogP contribution is -2.32. The molecule has 2 heteroatoms. The first kappa shape index (κ1) is 9.01. The predicted molar refractivity (Wildman–Crippen MR) is 48.5 cm³/mol. The van der Waals surface area contributed by atoms with Crippen LogP contribution in [0, 0.1) is 5.92 Å². The van der Waals surface area contributed by atoms with E-state index in [1.807, 2.05) is 0 Å². The van der Waals surface area contributed by atoms with Crippen molar-refractivity contribution in [1.29, 1.82) is 0 Å². The molecule has 1 saturated carbocycles. The minimum Gasteiger partial charge on any atom is -0.328 e. The molecular formula is C9H20N2. The normalized spacial score (nSPS) is 32.7. The minimum atomic E-state index is 0.480. The third kappa shape index (κ3) is 3.21. The van der Waals surface area contributed by atoms with Gasteiger partial charge in [-0.1, -0.05) is 6.42 Å². The molecule has 2 nitrogen and oxygen atoms in total. The molecule has 2 unspecified atom stereocenters. The van der Waals surface area contributed by atoms with Gasteiger partial charge in [0.25, 0.3) is 0 Å². The predicted octanol–water partition coefficient (Wildman–Crippen LogP) is 1.07. The molecule has 0 amide bonds. The summed E-state index contributed by atoms with van der Waals surface area (Å²) in [4.78, 5) is 2.27. The molecule has 1 aliphatic carbocycles. The highest BCUT2D eigenvalue weighted by molar-refractivity contribution is 4.76. The molecule has 1 fully saturated rings. The van der Waals surface area contributed by atoms with Crippen molar-refractivity contribution in [2.45, 2.75) is 31.7 Å². The maximum absolute atomic E-state index is 5.88. The van der Waals surface area contributed by atoms with E-state index in [1.54, 1.807) is 0 Å². The fourth-order valence-electron chi connectivity index (χ4n) is 2.01. The van der Waals surface area contributed by atoms with Gasteiger partial charge in [-0.25, -0.2) is 0 Å². The smallest absolute Gasteiger partial charge is 0.00419 e. The highest BCUT2D eigenvalue weighted by Gasteiger charge is 2.19. The molecule has 1 aliphatic rings. The Hall–Kier alpha value is -0.0800. The van der Waals surface area contributed by atoms with Crippen molar-refractivity contribution in [3.63, 3.8) is 0 Å². The van der Waals surface area contributed by atoms with Crippen LogP contribution in [0.1, 0.15) is 25.7 Å². The van der Waals surface area contributed by atoms with Gasteiger partial charge < -0.3 is 10.6 Å². The average molecular weight is 156 g/mol. The number of rotatable bonds is 2. The maximum Gasteiger partial charge on any atom is 0.00419 e. The van der Waals surface area contributed by atoms with Crippen molar-refractivity contribution in [3.05, 3.63) is 0 Å². The molecule has 0 radical (unpaired) electrons. The maximum atomic E-state index is 5.88. The van der Waals surface area contributed by atoms with Gasteiger partial charge in [0.05, 0.1) is 0 Å². The summed E-state index contributed by atoms with van der Waals surface area (Å²) >= 11 is 0. The molecular weight excluding hydrogens is 136 g/mol. The summed E-state index contributed by atoms with van der Waals surface area (Å²) in [6.07, 6.45) is 5.19. The van der Waals surface area contributed by atoms with E-state index in [0.717, 1.165) is 5.92 Å². The molecule has 0 aromatic heterocycles. The van der Waals surface area contributed by atoms with Crippen molar-refractivity contribution < 1.29 is 0 Å². The van der Waals surface area contributed by atoms with Crippen LogP contribution in [-0.4, -0.2) is 31.6 Å². The highest BCUT2D eigenvalue weighted by atomic mass is 15.1. The molecule has 1 rings (SSSR count). The second-order valence-corrected chi connectivity index (χ2v) is 4.05. The van der Waals surface area contributed by atoms with Crippen LogP contribution in [0.3, 0.4) is 0 Å². The molecule has 0 aromatic carbocycles. The molecule has 11 heavy (non-hydrogen) atoms. The van der Waals surface area contributed by atoms with E-state index in [-0.39, 0.29) is 0 Å². The second-order valence-electron chi connectivity index (χ2n) is 4.05. The van der Waals surface area contributed by atoms with Gasteiger partial charge in [0.15, 0.2) is 0 Å². The van der Waals surface area contributed by atoms with Crippen LogP contribution in [0.15, 0.2) is 0 Å². The van der Waals surface area contributed by atoms with E-state index in [4.69, 9.17) is 5.73 Å². The molecule has 0 heterocycles. The quantitative estimate of drug-likeness (QED) is 0.648. The van der Waals surface area contributed by atoms with E-state index in [9.17, 15) is 0 Å². The molecule has 0 aromatic rings. The van der Waals surface area contributed by atoms with Gasteiger partial charge in [0.2, 0.25) is 0 Å². The van der Waals surface area contributed by atoms with Gasteiger partial charge >= 0.3 is 0 Å². The van der Waals surface area contributed by atoms with E-state index in [1.165, 1.54) is 32.2 Å². The van der Waals surface area contributed by atoms with Crippen molar-refractivity contribution in [3.8, 4) is 0 Å². The zero-order chi connectivity index (χ0) is 8.27. The molecule has 66 valence electrons. The zero-order valence-corrected chi connectivity index (χ0v) is 7.71. The standard InChI is InChI=1S/C9H20N2/c1-11(2)7-8-4-3-5-9(10)6-8/h8-9H,3-7,10H2,1-2H3. The van der Waals surface area contributed by atoms with Gasteiger partial charge in [-0.2, -0.15) is 0 Å². The van der Waals surface area contributed by atoms with Gasteiger partial charge in [-0.05, 0) is 39.3 Å². The Bertz CT molecular complexity index is 110. The summed E-state index contributed by atoms with van der Waals surface area (Å²) in [5.41, 5.74) is 5.88. The Balaban J connectivity index is 2.23. The second kappa shape index (κ2) is 4.07. The van der Waals surface area contributed by atoms with Gasteiger partial charge in [0, 0.05) is 12.6 Å². The Morgan fingerprint density at radius 3 is 2.64 bits per heavy atom. The highest BCUT2D eigenvalue weighted by Crippen LogP contribution is 2.23. The van der Waals surface area contributed by atoms with Crippen molar-refractivity contribution in [2.75, 3.05) is 20.6 Å². The van der Waals surface area contributed by atoms with Gasteiger partial charge in [-0.3, -0.25) is 0 Å². The summed E-state index contributed by atoms with van der Waals surface area (Å²) in [5, 5.41) is 0. The number of nitrogens with zero attached hydrogens (tertiary/aromatic N) is 1. The Kier molecular flexibility index (Phi) is 3.34. The minimum absolute atomic E-state index is 0.480. The van der Waals surface area contributed by atoms with Crippen LogP contribution < -0.4 is 5.73 Å². The molecule has 2 atom stereocenters. The fraction of sp³-hybridized carbons (Fsp3) is 1.00. The van der Waals surface area contributed by atoms with Crippen LogP contribution in [-0.2, 0) is 0 Å². The third-order valence-corrected chi connectivity index (χ3v) is 2.45. The first-order valence-corrected chi connectivity index (χ1v) is 4.59. The van der Waals surface area contributed by atoms with Crippen LogP contribution in [0.25, 0.3) is 0 Å². The van der Waals surface area contributed by atoms with Crippen LogP contribution in [0.4, 0.5) is 0 Å². The third-order valence-electron chi connectivity index (χ3n) is 2.45. The lowest BCUT2D eigenvalue weighted by atomic mass is 9.86. The topological polar surface area (TPSA) is 29.3 Å². The van der Waals surface area contributed by atoms with Crippen molar-refractivity contribution in [2.24, 2.45) is 11.7 Å². The van der Waals surface area contributed by atoms with Gasteiger partial charge in [-0.15, -0.1) is 0 Å². The van der Waals surface area contributed by atoms with E-state index in [0.29, 0.717) is 6.04 Å². The zero-order valence-electron chi connectivity index (χ0n) is 7.71. The fourth-order valence-corrected chi connectivity index (χ4v) is 2.01. The Labute approximate surface area is 69.8 Å². The molecule has 0 saturated heterocycles. The van der Waals surface area contributed by atoms with Crippen LogP contribution >= 0.6 is 0 Å². The summed E-state index contributed by atoms with van der Waals surface area (Å²) in [6, 6.07) is 0.480. The van der Waals surface area contributed by atoms with E-state index in [2.05, 4.69) is 19.0 Å². The summed E-state index contributed by atoms with van der Waals surface area (Å²) < 4.78 is 0. The summed E-state index contributed by atoms with van der Waals surface area (Å²) in [6.45, 7) is 1.22. The molecule has 0 aliphatic heterocycles. The first-order valence-electron chi connectivity index (χ1n) is 4.59. The van der Waals surface area contributed by atoms with Gasteiger partial charge in [0.1, 0.15) is 0 Å². The van der Waals surface area contributed by atoms with E-state index < -0.39 is 0 Å². The number of nitrogens with two attached hydrogens (primary N) is 1. The SMILES string of the molecule is CN(C)CC1CCCC(N)C1. The van der Waals surface area contributed by atoms with Crippen LogP contribution in [0.5, 0.6) is 0 Å². The monoisotopic (exact) mass is 156 g/mol. The average Bonchev–Trinajstić information content (AvgIpc) is 1.85. The van der Waals surface area contributed by atoms with E-state index >= 15 is 0 Å². The Morgan fingerprint density at radius 1 is 1.36 bits per heavy atom.